The third kappa shape index (κ3) is 4.23. The molecule has 1 saturated carbocycles. The van der Waals surface area contributed by atoms with E-state index in [4.69, 9.17) is 10.5 Å². The summed E-state index contributed by atoms with van der Waals surface area (Å²) in [5, 5.41) is 2.84. The molecule has 0 bridgehead atoms. The third-order valence-electron chi connectivity index (χ3n) is 3.81. The van der Waals surface area contributed by atoms with E-state index in [1.165, 1.54) is 12.8 Å². The van der Waals surface area contributed by atoms with E-state index in [1.54, 1.807) is 19.1 Å². The topological polar surface area (TPSA) is 64.3 Å². The van der Waals surface area contributed by atoms with Crippen LogP contribution >= 0.6 is 0 Å². The summed E-state index contributed by atoms with van der Waals surface area (Å²) in [5.74, 6) is 0.576. The molecule has 20 heavy (non-hydrogen) atoms. The van der Waals surface area contributed by atoms with Gasteiger partial charge < -0.3 is 15.8 Å². The molecule has 0 aromatic heterocycles. The number of rotatable bonds is 4. The summed E-state index contributed by atoms with van der Waals surface area (Å²) in [5.41, 5.74) is 7.04. The lowest BCUT2D eigenvalue weighted by Crippen LogP contribution is -2.33. The number of hydrogen-bond acceptors (Lipinski definition) is 3. The molecule has 1 aliphatic rings. The van der Waals surface area contributed by atoms with Gasteiger partial charge in [0.15, 0.2) is 0 Å². The van der Waals surface area contributed by atoms with Crippen molar-refractivity contribution in [2.45, 2.75) is 51.7 Å². The van der Waals surface area contributed by atoms with E-state index in [2.05, 4.69) is 12.2 Å². The van der Waals surface area contributed by atoms with Crippen LogP contribution in [0.5, 0.6) is 0 Å². The minimum atomic E-state index is -0.438. The van der Waals surface area contributed by atoms with E-state index in [9.17, 15) is 4.79 Å². The molecule has 3 unspecified atom stereocenters. The van der Waals surface area contributed by atoms with Crippen molar-refractivity contribution in [2.75, 3.05) is 11.1 Å². The zero-order chi connectivity index (χ0) is 14.5. The second-order valence-corrected chi connectivity index (χ2v) is 5.79. The number of anilines is 2. The van der Waals surface area contributed by atoms with E-state index in [0.717, 1.165) is 12.8 Å². The van der Waals surface area contributed by atoms with Crippen LogP contribution < -0.4 is 11.1 Å². The maximum atomic E-state index is 12.1. The molecule has 3 N–H and O–H groups in total. The zero-order valence-corrected chi connectivity index (χ0v) is 12.3. The van der Waals surface area contributed by atoms with Gasteiger partial charge in [-0.3, -0.25) is 4.79 Å². The maximum absolute atomic E-state index is 12.1. The summed E-state index contributed by atoms with van der Waals surface area (Å²) in [4.78, 5) is 12.1. The minimum Gasteiger partial charge on any atom is -0.399 e. The first-order valence-corrected chi connectivity index (χ1v) is 7.36. The summed E-state index contributed by atoms with van der Waals surface area (Å²) < 4.78 is 5.88. The average Bonchev–Trinajstić information content (AvgIpc) is 2.38. The highest BCUT2D eigenvalue weighted by molar-refractivity contribution is 5.94. The van der Waals surface area contributed by atoms with Gasteiger partial charge in [-0.25, -0.2) is 0 Å². The molecule has 1 fully saturated rings. The molecule has 0 aliphatic heterocycles. The first-order valence-electron chi connectivity index (χ1n) is 7.36. The van der Waals surface area contributed by atoms with E-state index < -0.39 is 6.10 Å². The second kappa shape index (κ2) is 6.75. The molecule has 0 saturated heterocycles. The summed E-state index contributed by atoms with van der Waals surface area (Å²) in [6.45, 7) is 4.05. The Hall–Kier alpha value is -1.55. The van der Waals surface area contributed by atoms with Crippen LogP contribution in [-0.4, -0.2) is 18.1 Å². The number of hydrogen-bond donors (Lipinski definition) is 2. The van der Waals surface area contributed by atoms with Crippen molar-refractivity contribution in [2.24, 2.45) is 5.92 Å². The summed E-state index contributed by atoms with van der Waals surface area (Å²) >= 11 is 0. The molecule has 0 spiro atoms. The monoisotopic (exact) mass is 276 g/mol. The lowest BCUT2D eigenvalue weighted by atomic mass is 9.88. The van der Waals surface area contributed by atoms with E-state index in [-0.39, 0.29) is 12.0 Å². The summed E-state index contributed by atoms with van der Waals surface area (Å²) in [6, 6.07) is 7.18. The molecule has 0 heterocycles. The van der Waals surface area contributed by atoms with E-state index >= 15 is 0 Å². The summed E-state index contributed by atoms with van der Waals surface area (Å²) in [6.07, 6.45) is 4.34. The van der Waals surface area contributed by atoms with Gasteiger partial charge in [-0.1, -0.05) is 25.8 Å². The van der Waals surface area contributed by atoms with Gasteiger partial charge in [0.05, 0.1) is 6.10 Å². The van der Waals surface area contributed by atoms with Gasteiger partial charge in [-0.05, 0) is 43.9 Å². The predicted molar refractivity (Wildman–Crippen MR) is 81.5 cm³/mol. The Labute approximate surface area is 120 Å². The second-order valence-electron chi connectivity index (χ2n) is 5.79. The Morgan fingerprint density at radius 3 is 2.95 bits per heavy atom. The highest BCUT2D eigenvalue weighted by Gasteiger charge is 2.24. The minimum absolute atomic E-state index is 0.117. The fourth-order valence-electron chi connectivity index (χ4n) is 2.71. The van der Waals surface area contributed by atoms with Crippen LogP contribution in [0.2, 0.25) is 0 Å². The van der Waals surface area contributed by atoms with Crippen LogP contribution in [-0.2, 0) is 9.53 Å². The lowest BCUT2D eigenvalue weighted by Gasteiger charge is -2.29. The molecule has 1 aliphatic carbocycles. The molecule has 3 atom stereocenters. The van der Waals surface area contributed by atoms with Crippen LogP contribution in [0.25, 0.3) is 0 Å². The highest BCUT2D eigenvalue weighted by Crippen LogP contribution is 2.26. The molecule has 0 radical (unpaired) electrons. The maximum Gasteiger partial charge on any atom is 0.253 e. The predicted octanol–water partition coefficient (Wildman–Crippen LogP) is 3.19. The smallest absolute Gasteiger partial charge is 0.253 e. The standard InChI is InChI=1S/C16H24N2O2/c1-11-5-3-8-15(9-11)20-12(2)16(19)18-14-7-4-6-13(17)10-14/h4,6-7,10-12,15H,3,5,8-9,17H2,1-2H3,(H,18,19). The highest BCUT2D eigenvalue weighted by atomic mass is 16.5. The van der Waals surface area contributed by atoms with Crippen molar-refractivity contribution in [1.82, 2.24) is 0 Å². The molecule has 1 aromatic carbocycles. The molecule has 110 valence electrons. The Morgan fingerprint density at radius 2 is 2.25 bits per heavy atom. The van der Waals surface area contributed by atoms with Crippen molar-refractivity contribution in [3.63, 3.8) is 0 Å². The van der Waals surface area contributed by atoms with Gasteiger partial charge in [0.25, 0.3) is 5.91 Å². The number of nitrogen functional groups attached to an aromatic ring is 1. The third-order valence-corrected chi connectivity index (χ3v) is 3.81. The molecule has 4 nitrogen and oxygen atoms in total. The number of benzene rings is 1. The first kappa shape index (κ1) is 14.9. The quantitative estimate of drug-likeness (QED) is 0.830. The average molecular weight is 276 g/mol. The number of carbonyl (C=O) groups is 1. The van der Waals surface area contributed by atoms with Crippen molar-refractivity contribution in [3.05, 3.63) is 24.3 Å². The van der Waals surface area contributed by atoms with Crippen molar-refractivity contribution in [1.29, 1.82) is 0 Å². The summed E-state index contributed by atoms with van der Waals surface area (Å²) in [7, 11) is 0. The normalized spacial score (nSPS) is 24.1. The van der Waals surface area contributed by atoms with E-state index in [0.29, 0.717) is 17.3 Å². The van der Waals surface area contributed by atoms with Crippen molar-refractivity contribution < 1.29 is 9.53 Å². The Balaban J connectivity index is 1.85. The molecular formula is C16H24N2O2. The molecular weight excluding hydrogens is 252 g/mol. The van der Waals surface area contributed by atoms with Crippen molar-refractivity contribution >= 4 is 17.3 Å². The fourth-order valence-corrected chi connectivity index (χ4v) is 2.71. The Bertz CT molecular complexity index is 462. The van der Waals surface area contributed by atoms with Gasteiger partial charge >= 0.3 is 0 Å². The van der Waals surface area contributed by atoms with Crippen LogP contribution in [0.1, 0.15) is 39.5 Å². The fraction of sp³-hybridized carbons (Fsp3) is 0.562. The number of amides is 1. The number of ether oxygens (including phenoxy) is 1. The van der Waals surface area contributed by atoms with Crippen LogP contribution in [0.3, 0.4) is 0 Å². The SMILES string of the molecule is CC1CCCC(OC(C)C(=O)Nc2cccc(N)c2)C1. The lowest BCUT2D eigenvalue weighted by molar-refractivity contribution is -0.131. The molecule has 1 amide bonds. The van der Waals surface area contributed by atoms with Gasteiger partial charge in [-0.15, -0.1) is 0 Å². The van der Waals surface area contributed by atoms with Gasteiger partial charge in [-0.2, -0.15) is 0 Å². The van der Waals surface area contributed by atoms with Crippen LogP contribution in [0.15, 0.2) is 24.3 Å². The van der Waals surface area contributed by atoms with Gasteiger partial charge in [0.2, 0.25) is 0 Å². The van der Waals surface area contributed by atoms with Gasteiger partial charge in [0, 0.05) is 11.4 Å². The molecule has 1 aromatic rings. The molecule has 2 rings (SSSR count). The number of nitrogens with one attached hydrogen (secondary N) is 1. The molecule has 4 heteroatoms. The zero-order valence-electron chi connectivity index (χ0n) is 12.3. The van der Waals surface area contributed by atoms with Gasteiger partial charge in [0.1, 0.15) is 6.10 Å². The Kier molecular flexibility index (Phi) is 5.01. The number of carbonyl (C=O) groups excluding carboxylic acids is 1. The van der Waals surface area contributed by atoms with Crippen LogP contribution in [0, 0.1) is 5.92 Å². The van der Waals surface area contributed by atoms with Crippen LogP contribution in [0.4, 0.5) is 11.4 Å². The largest absolute Gasteiger partial charge is 0.399 e. The number of nitrogens with two attached hydrogens (primary N) is 1. The Morgan fingerprint density at radius 1 is 1.45 bits per heavy atom. The van der Waals surface area contributed by atoms with Crippen molar-refractivity contribution in [3.8, 4) is 0 Å². The van der Waals surface area contributed by atoms with E-state index in [1.807, 2.05) is 12.1 Å². The first-order chi connectivity index (χ1) is 9.54.